The number of nitrogens with one attached hydrogen (secondary N) is 2. The Kier molecular flexibility index (Phi) is 4.92. The number of anilines is 1. The molecule has 0 bridgehead atoms. The highest BCUT2D eigenvalue weighted by Gasteiger charge is 2.09. The fourth-order valence-electron chi connectivity index (χ4n) is 1.79. The maximum atomic E-state index is 11.8. The summed E-state index contributed by atoms with van der Waals surface area (Å²) >= 11 is 3.35. The summed E-state index contributed by atoms with van der Waals surface area (Å²) in [6, 6.07) is 7.45. The number of carbonyl (C=O) groups excluding carboxylic acids is 1. The fourth-order valence-corrected chi connectivity index (χ4v) is 2.06. The van der Waals surface area contributed by atoms with Crippen LogP contribution in [0.1, 0.15) is 17.0 Å². The third-order valence-electron chi connectivity index (χ3n) is 2.90. The lowest BCUT2D eigenvalue weighted by molar-refractivity contribution is -0.115. The quantitative estimate of drug-likeness (QED) is 0.880. The smallest absolute Gasteiger partial charge is 0.238 e. The Morgan fingerprint density at radius 1 is 1.30 bits per heavy atom. The number of halogens is 1. The van der Waals surface area contributed by atoms with Gasteiger partial charge in [0.2, 0.25) is 5.91 Å². The van der Waals surface area contributed by atoms with Crippen molar-refractivity contribution in [2.24, 2.45) is 0 Å². The summed E-state index contributed by atoms with van der Waals surface area (Å²) in [7, 11) is 0. The minimum absolute atomic E-state index is 0.0842. The van der Waals surface area contributed by atoms with Crippen molar-refractivity contribution in [3.8, 4) is 0 Å². The molecule has 0 spiro atoms. The maximum Gasteiger partial charge on any atom is 0.238 e. The first-order chi connectivity index (χ1) is 9.56. The predicted octanol–water partition coefficient (Wildman–Crippen LogP) is 2.78. The standard InChI is InChI=1S/C14H16BrN3O2/c1-9-13(10(2)20-18-9)7-16-8-14(19)17-12-5-3-11(15)4-6-12/h3-6,16H,7-8H2,1-2H3,(H,17,19). The third-order valence-corrected chi connectivity index (χ3v) is 3.43. The number of aromatic nitrogens is 1. The maximum absolute atomic E-state index is 11.8. The number of hydrogen-bond acceptors (Lipinski definition) is 4. The zero-order valence-corrected chi connectivity index (χ0v) is 13.0. The lowest BCUT2D eigenvalue weighted by atomic mass is 10.2. The molecule has 0 saturated carbocycles. The Morgan fingerprint density at radius 2 is 2.00 bits per heavy atom. The summed E-state index contributed by atoms with van der Waals surface area (Å²) in [4.78, 5) is 11.8. The van der Waals surface area contributed by atoms with E-state index in [1.807, 2.05) is 38.1 Å². The van der Waals surface area contributed by atoms with E-state index in [9.17, 15) is 4.79 Å². The topological polar surface area (TPSA) is 67.2 Å². The highest BCUT2D eigenvalue weighted by Crippen LogP contribution is 2.14. The Balaban J connectivity index is 1.79. The second-order valence-electron chi connectivity index (χ2n) is 4.46. The lowest BCUT2D eigenvalue weighted by Gasteiger charge is -2.06. The van der Waals surface area contributed by atoms with E-state index in [-0.39, 0.29) is 12.5 Å². The van der Waals surface area contributed by atoms with Gasteiger partial charge in [0.25, 0.3) is 0 Å². The van der Waals surface area contributed by atoms with Gasteiger partial charge in [-0.15, -0.1) is 0 Å². The molecule has 20 heavy (non-hydrogen) atoms. The van der Waals surface area contributed by atoms with Crippen molar-refractivity contribution in [2.45, 2.75) is 20.4 Å². The van der Waals surface area contributed by atoms with Gasteiger partial charge in [0.1, 0.15) is 5.76 Å². The average Bonchev–Trinajstić information content (AvgIpc) is 2.73. The van der Waals surface area contributed by atoms with Crippen molar-refractivity contribution in [3.05, 3.63) is 45.8 Å². The van der Waals surface area contributed by atoms with Gasteiger partial charge in [0, 0.05) is 22.3 Å². The number of hydrogen-bond donors (Lipinski definition) is 2. The van der Waals surface area contributed by atoms with Crippen LogP contribution >= 0.6 is 15.9 Å². The van der Waals surface area contributed by atoms with Gasteiger partial charge < -0.3 is 15.2 Å². The van der Waals surface area contributed by atoms with Gasteiger partial charge in [-0.3, -0.25) is 4.79 Å². The van der Waals surface area contributed by atoms with Crippen LogP contribution in [-0.2, 0) is 11.3 Å². The molecule has 0 aliphatic rings. The van der Waals surface area contributed by atoms with Crippen LogP contribution in [-0.4, -0.2) is 17.6 Å². The highest BCUT2D eigenvalue weighted by molar-refractivity contribution is 9.10. The van der Waals surface area contributed by atoms with Crippen LogP contribution in [0.25, 0.3) is 0 Å². The Morgan fingerprint density at radius 3 is 2.60 bits per heavy atom. The normalized spacial score (nSPS) is 10.6. The fraction of sp³-hybridized carbons (Fsp3) is 0.286. The molecule has 1 heterocycles. The molecule has 0 fully saturated rings. The number of carbonyl (C=O) groups is 1. The van der Waals surface area contributed by atoms with Crippen molar-refractivity contribution in [1.82, 2.24) is 10.5 Å². The van der Waals surface area contributed by atoms with E-state index in [0.717, 1.165) is 27.2 Å². The van der Waals surface area contributed by atoms with Crippen LogP contribution in [0.2, 0.25) is 0 Å². The van der Waals surface area contributed by atoms with E-state index >= 15 is 0 Å². The van der Waals surface area contributed by atoms with Gasteiger partial charge in [-0.25, -0.2) is 0 Å². The molecular formula is C14H16BrN3O2. The number of amides is 1. The zero-order chi connectivity index (χ0) is 14.5. The number of nitrogens with zero attached hydrogens (tertiary/aromatic N) is 1. The SMILES string of the molecule is Cc1noc(C)c1CNCC(=O)Nc1ccc(Br)cc1. The van der Waals surface area contributed by atoms with Gasteiger partial charge in [-0.2, -0.15) is 0 Å². The van der Waals surface area contributed by atoms with E-state index in [1.54, 1.807) is 0 Å². The molecule has 1 aromatic heterocycles. The van der Waals surface area contributed by atoms with Gasteiger partial charge >= 0.3 is 0 Å². The average molecular weight is 338 g/mol. The summed E-state index contributed by atoms with van der Waals surface area (Å²) < 4.78 is 6.04. The van der Waals surface area contributed by atoms with E-state index in [2.05, 4.69) is 31.7 Å². The number of rotatable bonds is 5. The molecule has 0 saturated heterocycles. The van der Waals surface area contributed by atoms with Crippen molar-refractivity contribution in [2.75, 3.05) is 11.9 Å². The first-order valence-corrected chi connectivity index (χ1v) is 7.03. The summed E-state index contributed by atoms with van der Waals surface area (Å²) in [5, 5.41) is 9.77. The summed E-state index contributed by atoms with van der Waals surface area (Å²) in [5.74, 6) is 0.697. The minimum Gasteiger partial charge on any atom is -0.361 e. The second-order valence-corrected chi connectivity index (χ2v) is 5.38. The van der Waals surface area contributed by atoms with Crippen LogP contribution in [0, 0.1) is 13.8 Å². The predicted molar refractivity (Wildman–Crippen MR) is 80.5 cm³/mol. The van der Waals surface area contributed by atoms with Crippen molar-refractivity contribution >= 4 is 27.5 Å². The van der Waals surface area contributed by atoms with E-state index in [1.165, 1.54) is 0 Å². The van der Waals surface area contributed by atoms with E-state index in [0.29, 0.717) is 6.54 Å². The number of benzene rings is 1. The molecular weight excluding hydrogens is 322 g/mol. The molecule has 2 aromatic rings. The van der Waals surface area contributed by atoms with Crippen molar-refractivity contribution in [3.63, 3.8) is 0 Å². The van der Waals surface area contributed by atoms with Crippen LogP contribution in [0.3, 0.4) is 0 Å². The molecule has 0 atom stereocenters. The molecule has 0 radical (unpaired) electrons. The number of aryl methyl sites for hydroxylation is 2. The molecule has 6 heteroatoms. The third kappa shape index (κ3) is 3.91. The lowest BCUT2D eigenvalue weighted by Crippen LogP contribution is -2.28. The Bertz CT molecular complexity index is 573. The molecule has 106 valence electrons. The summed E-state index contributed by atoms with van der Waals surface area (Å²) in [6.45, 7) is 4.55. The molecule has 2 N–H and O–H groups in total. The van der Waals surface area contributed by atoms with Gasteiger partial charge in [0.05, 0.1) is 12.2 Å². The largest absolute Gasteiger partial charge is 0.361 e. The first kappa shape index (κ1) is 14.7. The van der Waals surface area contributed by atoms with E-state index < -0.39 is 0 Å². The molecule has 1 aromatic carbocycles. The zero-order valence-electron chi connectivity index (χ0n) is 11.4. The molecule has 5 nitrogen and oxygen atoms in total. The van der Waals surface area contributed by atoms with Gasteiger partial charge in [-0.05, 0) is 38.1 Å². The van der Waals surface area contributed by atoms with E-state index in [4.69, 9.17) is 4.52 Å². The Labute approximate surface area is 125 Å². The van der Waals surface area contributed by atoms with Crippen molar-refractivity contribution in [1.29, 1.82) is 0 Å². The Hall–Kier alpha value is -1.66. The van der Waals surface area contributed by atoms with Gasteiger partial charge in [0.15, 0.2) is 0 Å². The van der Waals surface area contributed by atoms with Crippen LogP contribution in [0.15, 0.2) is 33.3 Å². The monoisotopic (exact) mass is 337 g/mol. The summed E-state index contributed by atoms with van der Waals surface area (Å²) in [6.07, 6.45) is 0. The molecule has 0 aliphatic carbocycles. The van der Waals surface area contributed by atoms with Crippen LogP contribution in [0.5, 0.6) is 0 Å². The summed E-state index contributed by atoms with van der Waals surface area (Å²) in [5.41, 5.74) is 2.63. The molecule has 0 aliphatic heterocycles. The molecule has 0 unspecified atom stereocenters. The first-order valence-electron chi connectivity index (χ1n) is 6.24. The van der Waals surface area contributed by atoms with Crippen LogP contribution in [0.4, 0.5) is 5.69 Å². The molecule has 2 rings (SSSR count). The highest BCUT2D eigenvalue weighted by atomic mass is 79.9. The second kappa shape index (κ2) is 6.67. The van der Waals surface area contributed by atoms with Gasteiger partial charge in [-0.1, -0.05) is 21.1 Å². The molecule has 1 amide bonds. The van der Waals surface area contributed by atoms with Crippen LogP contribution < -0.4 is 10.6 Å². The van der Waals surface area contributed by atoms with Crippen molar-refractivity contribution < 1.29 is 9.32 Å². The minimum atomic E-state index is -0.0842.